The molecule has 1 fully saturated rings. The van der Waals surface area contributed by atoms with Crippen molar-refractivity contribution in [3.8, 4) is 0 Å². The van der Waals surface area contributed by atoms with Crippen LogP contribution in [0.5, 0.6) is 0 Å². The summed E-state index contributed by atoms with van der Waals surface area (Å²) in [5.41, 5.74) is 0. The second kappa shape index (κ2) is 6.89. The van der Waals surface area contributed by atoms with Gasteiger partial charge in [-0.05, 0) is 57.9 Å². The van der Waals surface area contributed by atoms with Gasteiger partial charge in [0.25, 0.3) is 0 Å². The molecule has 1 rings (SSSR count). The van der Waals surface area contributed by atoms with Crippen molar-refractivity contribution in [3.05, 3.63) is 12.3 Å². The molecule has 0 N–H and O–H groups in total. The van der Waals surface area contributed by atoms with Gasteiger partial charge in [0, 0.05) is 13.6 Å². The molecule has 0 aromatic carbocycles. The van der Waals surface area contributed by atoms with Gasteiger partial charge in [0.2, 0.25) is 0 Å². The maximum atomic E-state index is 2.61. The summed E-state index contributed by atoms with van der Waals surface area (Å²) >= 11 is 0. The van der Waals surface area contributed by atoms with Crippen LogP contribution in [0.25, 0.3) is 0 Å². The van der Waals surface area contributed by atoms with E-state index in [4.69, 9.17) is 0 Å². The summed E-state index contributed by atoms with van der Waals surface area (Å²) < 4.78 is 0. The lowest BCUT2D eigenvalue weighted by Gasteiger charge is -2.30. The highest BCUT2D eigenvalue weighted by atomic mass is 15.1. The topological polar surface area (TPSA) is 6.48 Å². The molecule has 0 radical (unpaired) electrons. The highest BCUT2D eigenvalue weighted by Crippen LogP contribution is 2.15. The first-order valence-electron chi connectivity index (χ1n) is 6.27. The van der Waals surface area contributed by atoms with Crippen molar-refractivity contribution in [3.63, 3.8) is 0 Å². The second-order valence-corrected chi connectivity index (χ2v) is 4.84. The molecule has 0 aromatic rings. The van der Waals surface area contributed by atoms with Crippen LogP contribution < -0.4 is 0 Å². The lowest BCUT2D eigenvalue weighted by atomic mass is 9.99. The molecule has 0 aromatic heterocycles. The molecule has 1 saturated heterocycles. The third-order valence-electron chi connectivity index (χ3n) is 3.26. The average molecular weight is 210 g/mol. The highest BCUT2D eigenvalue weighted by molar-refractivity contribution is 4.76. The first-order chi connectivity index (χ1) is 7.22. The molecule has 88 valence electrons. The molecule has 0 amide bonds. The zero-order valence-corrected chi connectivity index (χ0v) is 10.6. The van der Waals surface area contributed by atoms with E-state index in [1.54, 1.807) is 0 Å². The SMILES string of the molecule is C/C=C\N(C)CCCN1CCC(C)CC1. The highest BCUT2D eigenvalue weighted by Gasteiger charge is 2.14. The Morgan fingerprint density at radius 3 is 2.60 bits per heavy atom. The fourth-order valence-corrected chi connectivity index (χ4v) is 2.16. The van der Waals surface area contributed by atoms with Crippen LogP contribution in [0.2, 0.25) is 0 Å². The number of rotatable bonds is 5. The van der Waals surface area contributed by atoms with Gasteiger partial charge < -0.3 is 9.80 Å². The van der Waals surface area contributed by atoms with E-state index in [2.05, 4.69) is 43.0 Å². The predicted octanol–water partition coefficient (Wildman–Crippen LogP) is 2.57. The average Bonchev–Trinajstić information content (AvgIpc) is 2.21. The molecular weight excluding hydrogens is 184 g/mol. The molecule has 1 heterocycles. The Morgan fingerprint density at radius 2 is 2.00 bits per heavy atom. The van der Waals surface area contributed by atoms with Crippen LogP contribution in [0.15, 0.2) is 12.3 Å². The summed E-state index contributed by atoms with van der Waals surface area (Å²) in [7, 11) is 2.15. The number of nitrogens with zero attached hydrogens (tertiary/aromatic N) is 2. The van der Waals surface area contributed by atoms with Gasteiger partial charge in [-0.2, -0.15) is 0 Å². The van der Waals surface area contributed by atoms with Crippen molar-refractivity contribution in [2.75, 3.05) is 33.2 Å². The third kappa shape index (κ3) is 5.22. The van der Waals surface area contributed by atoms with Crippen molar-refractivity contribution in [1.29, 1.82) is 0 Å². The number of hydrogen-bond acceptors (Lipinski definition) is 2. The smallest absolute Gasteiger partial charge is 0.0181 e. The fraction of sp³-hybridized carbons (Fsp3) is 0.846. The zero-order chi connectivity index (χ0) is 11.1. The van der Waals surface area contributed by atoms with E-state index in [-0.39, 0.29) is 0 Å². The van der Waals surface area contributed by atoms with Crippen LogP contribution in [0.1, 0.15) is 33.1 Å². The summed E-state index contributed by atoms with van der Waals surface area (Å²) in [5.74, 6) is 0.951. The van der Waals surface area contributed by atoms with Crippen molar-refractivity contribution in [1.82, 2.24) is 9.80 Å². The lowest BCUT2D eigenvalue weighted by molar-refractivity contribution is 0.186. The van der Waals surface area contributed by atoms with Crippen molar-refractivity contribution >= 4 is 0 Å². The quantitative estimate of drug-likeness (QED) is 0.688. The molecule has 2 nitrogen and oxygen atoms in total. The first-order valence-corrected chi connectivity index (χ1v) is 6.27. The van der Waals surface area contributed by atoms with Crippen LogP contribution in [-0.2, 0) is 0 Å². The van der Waals surface area contributed by atoms with Crippen molar-refractivity contribution in [2.24, 2.45) is 5.92 Å². The van der Waals surface area contributed by atoms with Crippen LogP contribution in [0.4, 0.5) is 0 Å². The molecule has 0 bridgehead atoms. The minimum absolute atomic E-state index is 0.951. The molecule has 1 aliphatic rings. The summed E-state index contributed by atoms with van der Waals surface area (Å²) in [4.78, 5) is 4.88. The molecule has 2 heteroatoms. The number of likely N-dealkylation sites (tertiary alicyclic amines) is 1. The minimum Gasteiger partial charge on any atom is -0.381 e. The van der Waals surface area contributed by atoms with E-state index in [1.807, 2.05) is 0 Å². The van der Waals surface area contributed by atoms with Crippen LogP contribution >= 0.6 is 0 Å². The first kappa shape index (κ1) is 12.6. The summed E-state index contributed by atoms with van der Waals surface area (Å²) in [6.45, 7) is 9.52. The molecule has 0 aliphatic carbocycles. The second-order valence-electron chi connectivity index (χ2n) is 4.84. The Kier molecular flexibility index (Phi) is 5.77. The standard InChI is InChI=1S/C13H26N2/c1-4-8-14(3)9-5-10-15-11-6-13(2)7-12-15/h4,8,13H,5-7,9-12H2,1-3H3/b8-4-. The molecule has 0 spiro atoms. The fourth-order valence-electron chi connectivity index (χ4n) is 2.16. The maximum absolute atomic E-state index is 2.61. The Balaban J connectivity index is 2.05. The summed E-state index contributed by atoms with van der Waals surface area (Å²) in [5, 5.41) is 0. The van der Waals surface area contributed by atoms with E-state index >= 15 is 0 Å². The summed E-state index contributed by atoms with van der Waals surface area (Å²) in [6.07, 6.45) is 8.32. The molecule has 0 saturated carbocycles. The molecule has 0 unspecified atom stereocenters. The largest absolute Gasteiger partial charge is 0.381 e. The monoisotopic (exact) mass is 210 g/mol. The van der Waals surface area contributed by atoms with Crippen molar-refractivity contribution in [2.45, 2.75) is 33.1 Å². The van der Waals surface area contributed by atoms with Gasteiger partial charge in [-0.15, -0.1) is 0 Å². The zero-order valence-electron chi connectivity index (χ0n) is 10.6. The maximum Gasteiger partial charge on any atom is 0.0181 e. The van der Waals surface area contributed by atoms with Gasteiger partial charge in [0.05, 0.1) is 0 Å². The Hall–Kier alpha value is -0.500. The van der Waals surface area contributed by atoms with E-state index < -0.39 is 0 Å². The Morgan fingerprint density at radius 1 is 1.33 bits per heavy atom. The lowest BCUT2D eigenvalue weighted by Crippen LogP contribution is -2.34. The van der Waals surface area contributed by atoms with Crippen molar-refractivity contribution < 1.29 is 0 Å². The van der Waals surface area contributed by atoms with E-state index in [9.17, 15) is 0 Å². The van der Waals surface area contributed by atoms with Crippen LogP contribution in [0.3, 0.4) is 0 Å². The number of piperidine rings is 1. The minimum atomic E-state index is 0.951. The van der Waals surface area contributed by atoms with Gasteiger partial charge >= 0.3 is 0 Å². The van der Waals surface area contributed by atoms with E-state index in [1.165, 1.54) is 45.4 Å². The van der Waals surface area contributed by atoms with Gasteiger partial charge in [-0.25, -0.2) is 0 Å². The van der Waals surface area contributed by atoms with Gasteiger partial charge in [-0.1, -0.05) is 13.0 Å². The van der Waals surface area contributed by atoms with Crippen LogP contribution in [-0.4, -0.2) is 43.0 Å². The van der Waals surface area contributed by atoms with Gasteiger partial charge in [0.1, 0.15) is 0 Å². The Bertz CT molecular complexity index is 181. The normalized spacial score (nSPS) is 19.9. The number of allylic oxidation sites excluding steroid dienone is 1. The molecule has 15 heavy (non-hydrogen) atoms. The molecule has 0 atom stereocenters. The Labute approximate surface area is 94.9 Å². The van der Waals surface area contributed by atoms with E-state index in [0.29, 0.717) is 0 Å². The third-order valence-corrected chi connectivity index (χ3v) is 3.26. The van der Waals surface area contributed by atoms with Gasteiger partial charge in [0.15, 0.2) is 0 Å². The van der Waals surface area contributed by atoms with Crippen LogP contribution in [0, 0.1) is 5.92 Å². The molecule has 1 aliphatic heterocycles. The number of hydrogen-bond donors (Lipinski definition) is 0. The summed E-state index contributed by atoms with van der Waals surface area (Å²) in [6, 6.07) is 0. The molecular formula is C13H26N2. The van der Waals surface area contributed by atoms with E-state index in [0.717, 1.165) is 5.92 Å². The predicted molar refractivity (Wildman–Crippen MR) is 66.9 cm³/mol. The van der Waals surface area contributed by atoms with Gasteiger partial charge in [-0.3, -0.25) is 0 Å².